The standard InChI is InChI=1S/C19H18ClFN4O2S2/c20-15-10-18(29(26,27)24-19-22-7-9-28-19)16(21)11-17(15)23-13-6-8-25(12-13)14-4-2-1-3-5-14/h1-5,7,9-11,13,23H,6,8,12H2,(H,22,24)/t13-/m1/s1. The molecular formula is C19H18ClFN4O2S2. The lowest BCUT2D eigenvalue weighted by molar-refractivity contribution is 0.570. The third-order valence-corrected chi connectivity index (χ3v) is 7.12. The number of hydrogen-bond donors (Lipinski definition) is 2. The topological polar surface area (TPSA) is 74.3 Å². The van der Waals surface area contributed by atoms with Crippen LogP contribution in [0.15, 0.2) is 58.9 Å². The maximum atomic E-state index is 14.6. The zero-order valence-corrected chi connectivity index (χ0v) is 17.6. The first-order valence-corrected chi connectivity index (χ1v) is 11.6. The van der Waals surface area contributed by atoms with E-state index in [2.05, 4.69) is 19.9 Å². The van der Waals surface area contributed by atoms with Gasteiger partial charge in [-0.1, -0.05) is 29.8 Å². The Kier molecular flexibility index (Phi) is 5.62. The molecule has 2 N–H and O–H groups in total. The molecule has 1 aliphatic rings. The Morgan fingerprint density at radius 2 is 2.03 bits per heavy atom. The van der Waals surface area contributed by atoms with Gasteiger partial charge in [0.2, 0.25) is 0 Å². The molecule has 0 bridgehead atoms. The van der Waals surface area contributed by atoms with E-state index in [4.69, 9.17) is 11.6 Å². The predicted octanol–water partition coefficient (Wildman–Crippen LogP) is 4.43. The molecule has 6 nitrogen and oxygen atoms in total. The van der Waals surface area contributed by atoms with E-state index in [1.165, 1.54) is 6.20 Å². The van der Waals surface area contributed by atoms with Gasteiger partial charge in [-0.05, 0) is 30.7 Å². The van der Waals surface area contributed by atoms with Gasteiger partial charge < -0.3 is 10.2 Å². The Labute approximate surface area is 177 Å². The van der Waals surface area contributed by atoms with Gasteiger partial charge in [-0.25, -0.2) is 17.8 Å². The van der Waals surface area contributed by atoms with Crippen molar-refractivity contribution in [2.75, 3.05) is 28.0 Å². The second-order valence-corrected chi connectivity index (χ2v) is 9.57. The number of rotatable bonds is 6. The highest BCUT2D eigenvalue weighted by Crippen LogP contribution is 2.31. The minimum absolute atomic E-state index is 0.0722. The molecule has 0 amide bonds. The minimum Gasteiger partial charge on any atom is -0.379 e. The highest BCUT2D eigenvalue weighted by atomic mass is 35.5. The predicted molar refractivity (Wildman–Crippen MR) is 115 cm³/mol. The van der Waals surface area contributed by atoms with Crippen molar-refractivity contribution in [1.29, 1.82) is 0 Å². The van der Waals surface area contributed by atoms with Crippen LogP contribution in [0.3, 0.4) is 0 Å². The normalized spacial score (nSPS) is 16.8. The number of sulfonamides is 1. The van der Waals surface area contributed by atoms with Gasteiger partial charge >= 0.3 is 0 Å². The van der Waals surface area contributed by atoms with Crippen LogP contribution in [0.4, 0.5) is 20.9 Å². The van der Waals surface area contributed by atoms with Gasteiger partial charge in [0.1, 0.15) is 10.7 Å². The van der Waals surface area contributed by atoms with Crippen molar-refractivity contribution in [3.63, 3.8) is 0 Å². The summed E-state index contributed by atoms with van der Waals surface area (Å²) < 4.78 is 41.8. The molecule has 1 aromatic heterocycles. The molecule has 1 fully saturated rings. The number of aromatic nitrogens is 1. The first-order valence-electron chi connectivity index (χ1n) is 8.90. The molecule has 2 heterocycles. The summed E-state index contributed by atoms with van der Waals surface area (Å²) in [6.45, 7) is 1.61. The van der Waals surface area contributed by atoms with Crippen molar-refractivity contribution >= 4 is 49.5 Å². The van der Waals surface area contributed by atoms with Crippen molar-refractivity contribution in [1.82, 2.24) is 4.98 Å². The monoisotopic (exact) mass is 452 g/mol. The molecule has 29 heavy (non-hydrogen) atoms. The zero-order valence-electron chi connectivity index (χ0n) is 15.2. The summed E-state index contributed by atoms with van der Waals surface area (Å²) in [4.78, 5) is 5.57. The quantitative estimate of drug-likeness (QED) is 0.578. The van der Waals surface area contributed by atoms with Crippen LogP contribution in [0, 0.1) is 5.82 Å². The summed E-state index contributed by atoms with van der Waals surface area (Å²) >= 11 is 7.38. The van der Waals surface area contributed by atoms with E-state index in [9.17, 15) is 12.8 Å². The lowest BCUT2D eigenvalue weighted by atomic mass is 10.2. The average molecular weight is 453 g/mol. The van der Waals surface area contributed by atoms with Crippen LogP contribution in [0.5, 0.6) is 0 Å². The minimum atomic E-state index is -4.12. The lowest BCUT2D eigenvalue weighted by Gasteiger charge is -2.20. The Balaban J connectivity index is 1.49. The van der Waals surface area contributed by atoms with Crippen molar-refractivity contribution in [2.24, 2.45) is 0 Å². The van der Waals surface area contributed by atoms with E-state index >= 15 is 0 Å². The average Bonchev–Trinajstić information content (AvgIpc) is 3.37. The van der Waals surface area contributed by atoms with Crippen LogP contribution < -0.4 is 14.9 Å². The molecule has 0 saturated carbocycles. The molecule has 152 valence electrons. The first-order chi connectivity index (χ1) is 13.9. The van der Waals surface area contributed by atoms with E-state index < -0.39 is 20.7 Å². The number of anilines is 3. The molecule has 0 unspecified atom stereocenters. The van der Waals surface area contributed by atoms with Crippen molar-refractivity contribution in [3.8, 4) is 0 Å². The van der Waals surface area contributed by atoms with E-state index in [1.807, 2.05) is 30.3 Å². The fraction of sp³-hybridized carbons (Fsp3) is 0.211. The summed E-state index contributed by atoms with van der Waals surface area (Å²) in [6, 6.07) is 12.4. The Bertz CT molecular complexity index is 1090. The SMILES string of the molecule is O=S(=O)(Nc1nccs1)c1cc(Cl)c(N[C@@H]2CCN(c3ccccc3)C2)cc1F. The number of nitrogens with one attached hydrogen (secondary N) is 2. The fourth-order valence-corrected chi connectivity index (χ4v) is 5.42. The van der Waals surface area contributed by atoms with E-state index in [-0.39, 0.29) is 16.2 Å². The summed E-state index contributed by atoms with van der Waals surface area (Å²) in [7, 11) is -4.12. The second-order valence-electron chi connectivity index (χ2n) is 6.62. The molecule has 0 spiro atoms. The number of halogens is 2. The van der Waals surface area contributed by atoms with E-state index in [0.29, 0.717) is 5.69 Å². The maximum Gasteiger partial charge on any atom is 0.266 e. The lowest BCUT2D eigenvalue weighted by Crippen LogP contribution is -2.26. The highest BCUT2D eigenvalue weighted by Gasteiger charge is 2.26. The van der Waals surface area contributed by atoms with Crippen molar-refractivity contribution in [3.05, 3.63) is 64.9 Å². The molecule has 10 heteroatoms. The summed E-state index contributed by atoms with van der Waals surface area (Å²) in [5.41, 5.74) is 1.50. The number of thiazole rings is 1. The molecular weight excluding hydrogens is 435 g/mol. The van der Waals surface area contributed by atoms with Gasteiger partial charge in [0.15, 0.2) is 5.13 Å². The summed E-state index contributed by atoms with van der Waals surface area (Å²) in [6.07, 6.45) is 2.32. The molecule has 1 aliphatic heterocycles. The smallest absolute Gasteiger partial charge is 0.266 e. The molecule has 3 aromatic rings. The second kappa shape index (κ2) is 8.17. The van der Waals surface area contributed by atoms with Crippen LogP contribution in [0.2, 0.25) is 5.02 Å². The molecule has 0 aliphatic carbocycles. The number of nitrogens with zero attached hydrogens (tertiary/aromatic N) is 2. The molecule has 2 aromatic carbocycles. The number of hydrogen-bond acceptors (Lipinski definition) is 6. The highest BCUT2D eigenvalue weighted by molar-refractivity contribution is 7.93. The summed E-state index contributed by atoms with van der Waals surface area (Å²) in [5.74, 6) is -0.876. The van der Waals surface area contributed by atoms with Gasteiger partial charge in [-0.2, -0.15) is 0 Å². The molecule has 1 saturated heterocycles. The maximum absolute atomic E-state index is 14.6. The Morgan fingerprint density at radius 1 is 1.24 bits per heavy atom. The van der Waals surface area contributed by atoms with Crippen LogP contribution in [-0.2, 0) is 10.0 Å². The molecule has 4 rings (SSSR count). The number of para-hydroxylation sites is 1. The van der Waals surface area contributed by atoms with Crippen molar-refractivity contribution < 1.29 is 12.8 Å². The van der Waals surface area contributed by atoms with Crippen molar-refractivity contribution in [2.45, 2.75) is 17.4 Å². The van der Waals surface area contributed by atoms with Crippen LogP contribution in [0.1, 0.15) is 6.42 Å². The van der Waals surface area contributed by atoms with Gasteiger partial charge in [-0.15, -0.1) is 11.3 Å². The Morgan fingerprint density at radius 3 is 2.76 bits per heavy atom. The zero-order chi connectivity index (χ0) is 20.4. The Hall–Kier alpha value is -2.36. The largest absolute Gasteiger partial charge is 0.379 e. The van der Waals surface area contributed by atoms with Gasteiger partial charge in [0, 0.05) is 36.4 Å². The van der Waals surface area contributed by atoms with Gasteiger partial charge in [0.25, 0.3) is 10.0 Å². The van der Waals surface area contributed by atoms with E-state index in [1.54, 1.807) is 5.38 Å². The fourth-order valence-electron chi connectivity index (χ4n) is 3.26. The van der Waals surface area contributed by atoms with Gasteiger partial charge in [0.05, 0.1) is 10.7 Å². The first kappa shape index (κ1) is 19.9. The third-order valence-electron chi connectivity index (χ3n) is 4.63. The van der Waals surface area contributed by atoms with Crippen LogP contribution in [0.25, 0.3) is 0 Å². The summed E-state index contributed by atoms with van der Waals surface area (Å²) in [5, 5.41) is 5.16. The van der Waals surface area contributed by atoms with E-state index in [0.717, 1.165) is 48.7 Å². The van der Waals surface area contributed by atoms with Crippen LogP contribution >= 0.6 is 22.9 Å². The third kappa shape index (κ3) is 4.47. The molecule has 1 atom stereocenters. The molecule has 0 radical (unpaired) electrons. The number of benzene rings is 2. The van der Waals surface area contributed by atoms with Crippen LogP contribution in [-0.4, -0.2) is 32.5 Å². The van der Waals surface area contributed by atoms with Gasteiger partial charge in [-0.3, -0.25) is 4.72 Å².